The lowest BCUT2D eigenvalue weighted by Gasteiger charge is -2.08. The van der Waals surface area contributed by atoms with Gasteiger partial charge in [-0.15, -0.1) is 0 Å². The van der Waals surface area contributed by atoms with Crippen molar-refractivity contribution in [1.82, 2.24) is 4.57 Å². The number of rotatable bonds is 2. The van der Waals surface area contributed by atoms with Crippen LogP contribution in [0.25, 0.3) is 60.6 Å². The fourth-order valence-electron chi connectivity index (χ4n) is 5.01. The van der Waals surface area contributed by atoms with Crippen LogP contribution in [0.3, 0.4) is 0 Å². The highest BCUT2D eigenvalue weighted by molar-refractivity contribution is 9.10. The lowest BCUT2D eigenvalue weighted by atomic mass is 10.0. The van der Waals surface area contributed by atoms with Crippen molar-refractivity contribution in [2.75, 3.05) is 0 Å². The molecular formula is C30H18BrNO. The SMILES string of the molecule is Brc1ccc(-c2ccc3c(c2)c2ccccc2n3-c2ccccc2)c2oc3ccccc3c12. The molecule has 0 aliphatic heterocycles. The van der Waals surface area contributed by atoms with Gasteiger partial charge in [-0.3, -0.25) is 0 Å². The molecule has 7 aromatic rings. The summed E-state index contributed by atoms with van der Waals surface area (Å²) >= 11 is 3.74. The standard InChI is InChI=1S/C30H18BrNO/c31-25-16-15-21(30-29(25)23-11-5-7-13-28(23)33-30)19-14-17-27-24(18-19)22-10-4-6-12-26(22)32(27)20-8-2-1-3-9-20/h1-18H. The first kappa shape index (κ1) is 18.7. The lowest BCUT2D eigenvalue weighted by Crippen LogP contribution is -1.92. The third kappa shape index (κ3) is 2.73. The monoisotopic (exact) mass is 487 g/mol. The Morgan fingerprint density at radius 1 is 0.606 bits per heavy atom. The summed E-state index contributed by atoms with van der Waals surface area (Å²) in [4.78, 5) is 0. The minimum atomic E-state index is 0.905. The van der Waals surface area contributed by atoms with Crippen LogP contribution >= 0.6 is 15.9 Å². The first-order chi connectivity index (χ1) is 16.3. The Labute approximate surface area is 198 Å². The quantitative estimate of drug-likeness (QED) is 0.237. The number of benzene rings is 5. The van der Waals surface area contributed by atoms with Crippen LogP contribution in [0.2, 0.25) is 0 Å². The van der Waals surface area contributed by atoms with Crippen LogP contribution in [-0.4, -0.2) is 4.57 Å². The van der Waals surface area contributed by atoms with Gasteiger partial charge in [-0.1, -0.05) is 76.6 Å². The molecule has 0 saturated carbocycles. The maximum absolute atomic E-state index is 6.36. The minimum absolute atomic E-state index is 0.905. The van der Waals surface area contributed by atoms with E-state index in [0.717, 1.165) is 37.5 Å². The molecule has 5 aromatic carbocycles. The number of aromatic nitrogens is 1. The number of hydrogen-bond donors (Lipinski definition) is 0. The van der Waals surface area contributed by atoms with E-state index in [9.17, 15) is 0 Å². The van der Waals surface area contributed by atoms with Crippen LogP contribution in [0.5, 0.6) is 0 Å². The number of halogens is 1. The summed E-state index contributed by atoms with van der Waals surface area (Å²) in [5.74, 6) is 0. The molecule has 0 saturated heterocycles. The summed E-state index contributed by atoms with van der Waals surface area (Å²) in [7, 11) is 0. The second kappa shape index (κ2) is 7.09. The maximum atomic E-state index is 6.36. The number of hydrogen-bond acceptors (Lipinski definition) is 1. The van der Waals surface area contributed by atoms with Crippen LogP contribution in [0.15, 0.2) is 118 Å². The molecule has 0 aliphatic rings. The number of fused-ring (bicyclic) bond motifs is 6. The average Bonchev–Trinajstić information content (AvgIpc) is 3.41. The molecule has 0 atom stereocenters. The van der Waals surface area contributed by atoms with Gasteiger partial charge < -0.3 is 8.98 Å². The number of nitrogens with zero attached hydrogens (tertiary/aromatic N) is 1. The van der Waals surface area contributed by atoms with Gasteiger partial charge in [0.2, 0.25) is 0 Å². The molecule has 7 rings (SSSR count). The Kier molecular flexibility index (Phi) is 4.02. The van der Waals surface area contributed by atoms with Crippen molar-refractivity contribution < 1.29 is 4.42 Å². The molecule has 0 unspecified atom stereocenters. The lowest BCUT2D eigenvalue weighted by molar-refractivity contribution is 0.670. The van der Waals surface area contributed by atoms with Crippen LogP contribution in [0.4, 0.5) is 0 Å². The Balaban J connectivity index is 1.55. The molecule has 2 aromatic heterocycles. The molecule has 0 aliphatic carbocycles. The summed E-state index contributed by atoms with van der Waals surface area (Å²) in [6, 6.07) is 38.4. The van der Waals surface area contributed by atoms with Gasteiger partial charge >= 0.3 is 0 Å². The van der Waals surface area contributed by atoms with Gasteiger partial charge in [0.1, 0.15) is 11.2 Å². The van der Waals surface area contributed by atoms with E-state index in [4.69, 9.17) is 4.42 Å². The van der Waals surface area contributed by atoms with Crippen LogP contribution in [0, 0.1) is 0 Å². The predicted molar refractivity (Wildman–Crippen MR) is 141 cm³/mol. The number of furan rings is 1. The van der Waals surface area contributed by atoms with Crippen LogP contribution < -0.4 is 0 Å². The Hall–Kier alpha value is -3.82. The smallest absolute Gasteiger partial charge is 0.144 e. The summed E-state index contributed by atoms with van der Waals surface area (Å²) in [6.07, 6.45) is 0. The Morgan fingerprint density at radius 3 is 2.21 bits per heavy atom. The highest BCUT2D eigenvalue weighted by atomic mass is 79.9. The molecule has 0 amide bonds. The highest BCUT2D eigenvalue weighted by Crippen LogP contribution is 2.41. The van der Waals surface area contributed by atoms with Gasteiger partial charge in [0.05, 0.1) is 11.0 Å². The third-order valence-electron chi connectivity index (χ3n) is 6.47. The van der Waals surface area contributed by atoms with Gasteiger partial charge in [0, 0.05) is 37.3 Å². The van der Waals surface area contributed by atoms with E-state index in [1.165, 1.54) is 27.5 Å². The molecule has 0 N–H and O–H groups in total. The minimum Gasteiger partial charge on any atom is -0.455 e. The zero-order valence-electron chi connectivity index (χ0n) is 17.6. The zero-order valence-corrected chi connectivity index (χ0v) is 19.2. The molecule has 156 valence electrons. The molecule has 3 heteroatoms. The van der Waals surface area contributed by atoms with E-state index in [0.29, 0.717) is 0 Å². The van der Waals surface area contributed by atoms with Gasteiger partial charge in [-0.25, -0.2) is 0 Å². The molecule has 0 fully saturated rings. The van der Waals surface area contributed by atoms with Crippen molar-refractivity contribution >= 4 is 59.7 Å². The summed E-state index contributed by atoms with van der Waals surface area (Å²) in [5.41, 5.74) is 7.64. The first-order valence-corrected chi connectivity index (χ1v) is 11.8. The van der Waals surface area contributed by atoms with E-state index in [-0.39, 0.29) is 0 Å². The van der Waals surface area contributed by atoms with E-state index < -0.39 is 0 Å². The summed E-state index contributed by atoms with van der Waals surface area (Å²) in [6.45, 7) is 0. The molecule has 0 radical (unpaired) electrons. The van der Waals surface area contributed by atoms with E-state index in [1.807, 2.05) is 12.1 Å². The molecule has 2 nitrogen and oxygen atoms in total. The van der Waals surface area contributed by atoms with Crippen molar-refractivity contribution in [2.24, 2.45) is 0 Å². The normalized spacial score (nSPS) is 11.8. The van der Waals surface area contributed by atoms with Crippen molar-refractivity contribution in [3.63, 3.8) is 0 Å². The molecule has 33 heavy (non-hydrogen) atoms. The fourth-order valence-corrected chi connectivity index (χ4v) is 5.54. The van der Waals surface area contributed by atoms with E-state index >= 15 is 0 Å². The van der Waals surface area contributed by atoms with Crippen LogP contribution in [0.1, 0.15) is 0 Å². The summed E-state index contributed by atoms with van der Waals surface area (Å²) < 4.78 is 9.75. The Morgan fingerprint density at radius 2 is 1.33 bits per heavy atom. The Bertz CT molecular complexity index is 1830. The number of para-hydroxylation sites is 3. The van der Waals surface area contributed by atoms with Crippen molar-refractivity contribution in [3.05, 3.63) is 114 Å². The third-order valence-corrected chi connectivity index (χ3v) is 7.13. The van der Waals surface area contributed by atoms with Gasteiger partial charge in [0.25, 0.3) is 0 Å². The topological polar surface area (TPSA) is 18.1 Å². The first-order valence-electron chi connectivity index (χ1n) is 11.0. The van der Waals surface area contributed by atoms with Crippen molar-refractivity contribution in [1.29, 1.82) is 0 Å². The second-order valence-corrected chi connectivity index (χ2v) is 9.17. The van der Waals surface area contributed by atoms with E-state index in [2.05, 4.69) is 118 Å². The fraction of sp³-hybridized carbons (Fsp3) is 0. The van der Waals surface area contributed by atoms with Crippen molar-refractivity contribution in [3.8, 4) is 16.8 Å². The zero-order chi connectivity index (χ0) is 21.9. The second-order valence-electron chi connectivity index (χ2n) is 8.32. The van der Waals surface area contributed by atoms with Gasteiger partial charge in [-0.2, -0.15) is 0 Å². The molecular weight excluding hydrogens is 470 g/mol. The largest absolute Gasteiger partial charge is 0.455 e. The summed E-state index contributed by atoms with van der Waals surface area (Å²) in [5, 5.41) is 4.73. The molecule has 2 heterocycles. The average molecular weight is 488 g/mol. The maximum Gasteiger partial charge on any atom is 0.144 e. The van der Waals surface area contributed by atoms with Gasteiger partial charge in [-0.05, 0) is 54.1 Å². The van der Waals surface area contributed by atoms with Crippen molar-refractivity contribution in [2.45, 2.75) is 0 Å². The van der Waals surface area contributed by atoms with Gasteiger partial charge in [0.15, 0.2) is 0 Å². The van der Waals surface area contributed by atoms with Crippen LogP contribution in [-0.2, 0) is 0 Å². The molecule has 0 bridgehead atoms. The van der Waals surface area contributed by atoms with E-state index in [1.54, 1.807) is 0 Å². The molecule has 0 spiro atoms. The predicted octanol–water partition coefficient (Wildman–Crippen LogP) is 9.11. The highest BCUT2D eigenvalue weighted by Gasteiger charge is 2.17.